The predicted octanol–water partition coefficient (Wildman–Crippen LogP) is 1.25. The number of sulfonamides is 1. The Morgan fingerprint density at radius 3 is 2.37 bits per heavy atom. The summed E-state index contributed by atoms with van der Waals surface area (Å²) < 4.78 is 29.1. The molecule has 3 rings (SSSR count). The van der Waals surface area contributed by atoms with E-state index in [1.807, 2.05) is 38.3 Å². The van der Waals surface area contributed by atoms with Crippen LogP contribution >= 0.6 is 0 Å². The first-order chi connectivity index (χ1) is 12.8. The molecule has 1 saturated heterocycles. The molecule has 0 amide bonds. The monoisotopic (exact) mass is 393 g/mol. The number of anilines is 2. The fourth-order valence-corrected chi connectivity index (χ4v) is 4.62. The molecule has 0 saturated carbocycles. The number of rotatable bonds is 6. The molecule has 1 aliphatic heterocycles. The molecule has 0 atom stereocenters. The van der Waals surface area contributed by atoms with Crippen molar-refractivity contribution >= 4 is 21.7 Å². The highest BCUT2D eigenvalue weighted by Crippen LogP contribution is 2.21. The van der Waals surface area contributed by atoms with Crippen molar-refractivity contribution in [2.45, 2.75) is 39.3 Å². The highest BCUT2D eigenvalue weighted by atomic mass is 32.2. The molecule has 2 aromatic rings. The van der Waals surface area contributed by atoms with Crippen molar-refractivity contribution in [1.82, 2.24) is 23.8 Å². The van der Waals surface area contributed by atoms with Crippen LogP contribution in [0.2, 0.25) is 0 Å². The molecule has 2 aromatic heterocycles. The molecular weight excluding hydrogens is 366 g/mol. The van der Waals surface area contributed by atoms with Crippen LogP contribution in [-0.2, 0) is 16.6 Å². The van der Waals surface area contributed by atoms with Crippen LogP contribution < -0.4 is 10.2 Å². The molecule has 0 bridgehead atoms. The van der Waals surface area contributed by atoms with E-state index in [0.29, 0.717) is 44.4 Å². The highest BCUT2D eigenvalue weighted by molar-refractivity contribution is 7.89. The van der Waals surface area contributed by atoms with E-state index in [2.05, 4.69) is 25.2 Å². The number of aromatic nitrogens is 4. The van der Waals surface area contributed by atoms with Gasteiger partial charge in [0.15, 0.2) is 5.03 Å². The molecule has 0 aliphatic carbocycles. The average molecular weight is 394 g/mol. The lowest BCUT2D eigenvalue weighted by molar-refractivity contribution is 0.382. The molecular formula is C17H27N7O2S. The summed E-state index contributed by atoms with van der Waals surface area (Å²) in [5.74, 6) is 3.01. The van der Waals surface area contributed by atoms with Crippen molar-refractivity contribution in [1.29, 1.82) is 0 Å². The van der Waals surface area contributed by atoms with Crippen LogP contribution in [0.1, 0.15) is 25.5 Å². The Morgan fingerprint density at radius 1 is 1.07 bits per heavy atom. The Morgan fingerprint density at radius 2 is 1.78 bits per heavy atom. The van der Waals surface area contributed by atoms with Crippen LogP contribution in [0.3, 0.4) is 0 Å². The molecule has 27 heavy (non-hydrogen) atoms. The molecule has 1 N–H and O–H groups in total. The zero-order chi connectivity index (χ0) is 19.6. The van der Waals surface area contributed by atoms with E-state index in [0.717, 1.165) is 18.2 Å². The number of hydrogen-bond donors (Lipinski definition) is 1. The zero-order valence-electron chi connectivity index (χ0n) is 16.3. The van der Waals surface area contributed by atoms with Crippen molar-refractivity contribution in [3.05, 3.63) is 23.9 Å². The van der Waals surface area contributed by atoms with E-state index < -0.39 is 10.0 Å². The van der Waals surface area contributed by atoms with Crippen LogP contribution in [-0.4, -0.2) is 65.0 Å². The predicted molar refractivity (Wildman–Crippen MR) is 105 cm³/mol. The summed E-state index contributed by atoms with van der Waals surface area (Å²) in [6, 6.07) is 1.91. The molecule has 0 spiro atoms. The molecule has 0 aromatic carbocycles. The lowest BCUT2D eigenvalue weighted by atomic mass is 10.3. The van der Waals surface area contributed by atoms with Gasteiger partial charge in [-0.25, -0.2) is 23.4 Å². The quantitative estimate of drug-likeness (QED) is 0.789. The Kier molecular flexibility index (Phi) is 5.66. The molecule has 0 radical (unpaired) electrons. The van der Waals surface area contributed by atoms with Gasteiger partial charge >= 0.3 is 0 Å². The summed E-state index contributed by atoms with van der Waals surface area (Å²) in [6.45, 7) is 11.1. The first kappa shape index (κ1) is 19.6. The average Bonchev–Trinajstić information content (AvgIpc) is 3.03. The van der Waals surface area contributed by atoms with Gasteiger partial charge in [0.25, 0.3) is 10.0 Å². The molecule has 10 heteroatoms. The third kappa shape index (κ3) is 4.06. The summed E-state index contributed by atoms with van der Waals surface area (Å²) in [5, 5.41) is 3.33. The number of imidazole rings is 1. The standard InChI is InChI=1S/C17H27N7O2S/c1-5-18-15-11-16(20-13(3)19-15)23-7-9-24(10-8-23)27(25,26)17-12-22(6-2)14(4)21-17/h11-12H,5-10H2,1-4H3,(H,18,19,20). The lowest BCUT2D eigenvalue weighted by Crippen LogP contribution is -2.49. The summed E-state index contributed by atoms with van der Waals surface area (Å²) in [6.07, 6.45) is 1.62. The lowest BCUT2D eigenvalue weighted by Gasteiger charge is -2.34. The summed E-state index contributed by atoms with van der Waals surface area (Å²) in [4.78, 5) is 15.2. The molecule has 9 nitrogen and oxygen atoms in total. The number of aryl methyl sites for hydroxylation is 3. The normalized spacial score (nSPS) is 15.9. The second kappa shape index (κ2) is 7.81. The molecule has 0 unspecified atom stereocenters. The molecule has 148 valence electrons. The fourth-order valence-electron chi connectivity index (χ4n) is 3.20. The van der Waals surface area contributed by atoms with Gasteiger partial charge in [-0.05, 0) is 27.7 Å². The van der Waals surface area contributed by atoms with Gasteiger partial charge in [0.05, 0.1) is 0 Å². The molecule has 1 fully saturated rings. The van der Waals surface area contributed by atoms with E-state index in [4.69, 9.17) is 0 Å². The smallest absolute Gasteiger partial charge is 0.262 e. The van der Waals surface area contributed by atoms with Gasteiger partial charge in [-0.1, -0.05) is 0 Å². The van der Waals surface area contributed by atoms with Gasteiger partial charge in [0, 0.05) is 51.5 Å². The number of piperazine rings is 1. The maximum Gasteiger partial charge on any atom is 0.262 e. The van der Waals surface area contributed by atoms with Crippen molar-refractivity contribution < 1.29 is 8.42 Å². The largest absolute Gasteiger partial charge is 0.370 e. The van der Waals surface area contributed by atoms with E-state index in [9.17, 15) is 8.42 Å². The second-order valence-electron chi connectivity index (χ2n) is 6.49. The highest BCUT2D eigenvalue weighted by Gasteiger charge is 2.31. The zero-order valence-corrected chi connectivity index (χ0v) is 17.1. The van der Waals surface area contributed by atoms with Gasteiger partial charge in [-0.3, -0.25) is 0 Å². The van der Waals surface area contributed by atoms with E-state index in [-0.39, 0.29) is 5.03 Å². The van der Waals surface area contributed by atoms with E-state index in [1.165, 1.54) is 4.31 Å². The summed E-state index contributed by atoms with van der Waals surface area (Å²) in [7, 11) is -3.57. The SMILES string of the molecule is CCNc1cc(N2CCN(S(=O)(=O)c3cn(CC)c(C)n3)CC2)nc(C)n1. The maximum atomic E-state index is 12.9. The first-order valence-corrected chi connectivity index (χ1v) is 10.7. The minimum Gasteiger partial charge on any atom is -0.370 e. The van der Waals surface area contributed by atoms with Crippen molar-refractivity contribution in [2.75, 3.05) is 42.9 Å². The van der Waals surface area contributed by atoms with E-state index >= 15 is 0 Å². The van der Waals surface area contributed by atoms with Crippen LogP contribution in [0, 0.1) is 13.8 Å². The minimum atomic E-state index is -3.57. The maximum absolute atomic E-state index is 12.9. The third-order valence-electron chi connectivity index (χ3n) is 4.64. The number of nitrogens with zero attached hydrogens (tertiary/aromatic N) is 6. The number of hydrogen-bond acceptors (Lipinski definition) is 7. The minimum absolute atomic E-state index is 0.127. The van der Waals surface area contributed by atoms with Gasteiger partial charge in [0.1, 0.15) is 23.3 Å². The van der Waals surface area contributed by atoms with Crippen LogP contribution in [0.5, 0.6) is 0 Å². The Bertz CT molecular complexity index is 902. The van der Waals surface area contributed by atoms with Gasteiger partial charge in [-0.2, -0.15) is 4.31 Å². The van der Waals surface area contributed by atoms with Gasteiger partial charge in [-0.15, -0.1) is 0 Å². The first-order valence-electron chi connectivity index (χ1n) is 9.23. The van der Waals surface area contributed by atoms with E-state index in [1.54, 1.807) is 6.20 Å². The Hall–Kier alpha value is -2.20. The van der Waals surface area contributed by atoms with Crippen LogP contribution in [0.15, 0.2) is 17.3 Å². The topological polar surface area (TPSA) is 96.2 Å². The van der Waals surface area contributed by atoms with Crippen LogP contribution in [0.4, 0.5) is 11.6 Å². The van der Waals surface area contributed by atoms with Crippen LogP contribution in [0.25, 0.3) is 0 Å². The summed E-state index contributed by atoms with van der Waals surface area (Å²) >= 11 is 0. The van der Waals surface area contributed by atoms with Gasteiger partial charge in [0.2, 0.25) is 0 Å². The molecule has 3 heterocycles. The number of nitrogens with one attached hydrogen (secondary N) is 1. The fraction of sp³-hybridized carbons (Fsp3) is 0.588. The van der Waals surface area contributed by atoms with Gasteiger partial charge < -0.3 is 14.8 Å². The third-order valence-corrected chi connectivity index (χ3v) is 6.41. The Balaban J connectivity index is 1.73. The second-order valence-corrected chi connectivity index (χ2v) is 8.38. The van der Waals surface area contributed by atoms with Crippen molar-refractivity contribution in [3.8, 4) is 0 Å². The molecule has 1 aliphatic rings. The Labute approximate surface area is 160 Å². The van der Waals surface area contributed by atoms with Crippen molar-refractivity contribution in [2.24, 2.45) is 0 Å². The summed E-state index contributed by atoms with van der Waals surface area (Å²) in [5.41, 5.74) is 0. The van der Waals surface area contributed by atoms with Crippen molar-refractivity contribution in [3.63, 3.8) is 0 Å².